The van der Waals surface area contributed by atoms with Gasteiger partial charge in [0.2, 0.25) is 0 Å². The van der Waals surface area contributed by atoms with Crippen molar-refractivity contribution in [2.75, 3.05) is 12.5 Å². The molecule has 1 atom stereocenters. The van der Waals surface area contributed by atoms with E-state index in [-0.39, 0.29) is 11.5 Å². The highest BCUT2D eigenvalue weighted by Crippen LogP contribution is 2.07. The highest BCUT2D eigenvalue weighted by atomic mass is 32.2. The van der Waals surface area contributed by atoms with E-state index in [0.29, 0.717) is 0 Å². The lowest BCUT2D eigenvalue weighted by Crippen LogP contribution is -2.16. The number of carbonyl (C=O) groups is 1. The molecule has 0 fully saturated rings. The van der Waals surface area contributed by atoms with Crippen LogP contribution in [0.4, 0.5) is 0 Å². The van der Waals surface area contributed by atoms with E-state index in [1.165, 1.54) is 0 Å². The van der Waals surface area contributed by atoms with Gasteiger partial charge >= 0.3 is 0 Å². The molecule has 0 aromatic heterocycles. The summed E-state index contributed by atoms with van der Waals surface area (Å²) in [6, 6.07) is 0. The molecule has 0 aromatic rings. The lowest BCUT2D eigenvalue weighted by Gasteiger charge is -2.08. The number of carbonyl (C=O) groups excluding carboxylic acids is 1. The predicted octanol–water partition coefficient (Wildman–Crippen LogP) is 0.631. The number of hydrogen-bond acceptors (Lipinski definition) is 5. The first-order chi connectivity index (χ1) is 5.35. The Morgan fingerprint density at radius 2 is 2.08 bits per heavy atom. The molecule has 12 heavy (non-hydrogen) atoms. The Morgan fingerprint density at radius 3 is 2.42 bits per heavy atom. The van der Waals surface area contributed by atoms with Crippen molar-refractivity contribution >= 4 is 27.0 Å². The van der Waals surface area contributed by atoms with Gasteiger partial charge in [-0.05, 0) is 13.2 Å². The van der Waals surface area contributed by atoms with Crippen molar-refractivity contribution in [3.8, 4) is 0 Å². The molecular weight excluding hydrogens is 200 g/mol. The van der Waals surface area contributed by atoms with Crippen molar-refractivity contribution < 1.29 is 17.4 Å². The van der Waals surface area contributed by atoms with E-state index < -0.39 is 16.2 Å². The van der Waals surface area contributed by atoms with Gasteiger partial charge in [0.15, 0.2) is 5.12 Å². The SMILES string of the molecule is CSC(=O)C[C@@H](C)OS(C)(=O)=O. The summed E-state index contributed by atoms with van der Waals surface area (Å²) in [5.41, 5.74) is 0. The molecule has 0 aliphatic rings. The molecule has 0 aliphatic carbocycles. The van der Waals surface area contributed by atoms with Gasteiger partial charge in [-0.25, -0.2) is 0 Å². The fourth-order valence-corrected chi connectivity index (χ4v) is 1.72. The molecule has 0 saturated heterocycles. The summed E-state index contributed by atoms with van der Waals surface area (Å²) in [5.74, 6) is 0. The van der Waals surface area contributed by atoms with Crippen LogP contribution in [0.3, 0.4) is 0 Å². The Labute approximate surface area is 76.8 Å². The van der Waals surface area contributed by atoms with Gasteiger partial charge < -0.3 is 0 Å². The summed E-state index contributed by atoms with van der Waals surface area (Å²) >= 11 is 1.07. The maximum Gasteiger partial charge on any atom is 0.264 e. The van der Waals surface area contributed by atoms with Gasteiger partial charge in [0.25, 0.3) is 10.1 Å². The van der Waals surface area contributed by atoms with Gasteiger partial charge in [-0.15, -0.1) is 0 Å². The van der Waals surface area contributed by atoms with Crippen molar-refractivity contribution in [1.29, 1.82) is 0 Å². The maximum atomic E-state index is 10.8. The minimum Gasteiger partial charge on any atom is -0.287 e. The van der Waals surface area contributed by atoms with Crippen molar-refractivity contribution in [2.24, 2.45) is 0 Å². The fourth-order valence-electron chi connectivity index (χ4n) is 0.650. The smallest absolute Gasteiger partial charge is 0.264 e. The van der Waals surface area contributed by atoms with E-state index in [2.05, 4.69) is 4.18 Å². The summed E-state index contributed by atoms with van der Waals surface area (Å²) in [6.45, 7) is 1.55. The summed E-state index contributed by atoms with van der Waals surface area (Å²) in [5, 5.41) is -0.0776. The van der Waals surface area contributed by atoms with Gasteiger partial charge in [0.05, 0.1) is 12.4 Å². The van der Waals surface area contributed by atoms with E-state index in [0.717, 1.165) is 18.0 Å². The second-order valence-corrected chi connectivity index (χ2v) is 4.86. The molecule has 0 unspecified atom stereocenters. The largest absolute Gasteiger partial charge is 0.287 e. The first-order valence-corrected chi connectivity index (χ1v) is 6.34. The Kier molecular flexibility index (Phi) is 4.81. The standard InChI is InChI=1S/C6H12O4S2/c1-5(4-6(7)11-2)10-12(3,8)9/h5H,4H2,1-3H3/t5-/m1/s1. The number of thioether (sulfide) groups is 1. The normalized spacial score (nSPS) is 14.2. The van der Waals surface area contributed by atoms with Crippen LogP contribution in [-0.4, -0.2) is 32.1 Å². The van der Waals surface area contributed by atoms with Crippen LogP contribution in [0, 0.1) is 0 Å². The molecule has 6 heteroatoms. The van der Waals surface area contributed by atoms with Crippen LogP contribution in [0.1, 0.15) is 13.3 Å². The lowest BCUT2D eigenvalue weighted by atomic mass is 10.3. The average Bonchev–Trinajstić information content (AvgIpc) is 1.82. The van der Waals surface area contributed by atoms with Gasteiger partial charge in [-0.1, -0.05) is 11.8 Å². The van der Waals surface area contributed by atoms with Crippen LogP contribution in [0.2, 0.25) is 0 Å². The Bertz CT molecular complexity index is 244. The van der Waals surface area contributed by atoms with Crippen molar-refractivity contribution in [1.82, 2.24) is 0 Å². The first-order valence-electron chi connectivity index (χ1n) is 3.30. The highest BCUT2D eigenvalue weighted by Gasteiger charge is 2.13. The second kappa shape index (κ2) is 4.84. The molecule has 0 heterocycles. The maximum absolute atomic E-state index is 10.8. The van der Waals surface area contributed by atoms with Crippen LogP contribution in [0.25, 0.3) is 0 Å². The lowest BCUT2D eigenvalue weighted by molar-refractivity contribution is -0.112. The number of rotatable bonds is 4. The molecule has 0 spiro atoms. The van der Waals surface area contributed by atoms with Gasteiger partial charge in [0, 0.05) is 6.42 Å². The highest BCUT2D eigenvalue weighted by molar-refractivity contribution is 8.13. The summed E-state index contributed by atoms with van der Waals surface area (Å²) < 4.78 is 25.7. The van der Waals surface area contributed by atoms with Crippen molar-refractivity contribution in [2.45, 2.75) is 19.4 Å². The molecule has 0 rings (SSSR count). The van der Waals surface area contributed by atoms with E-state index in [9.17, 15) is 13.2 Å². The number of hydrogen-bond donors (Lipinski definition) is 0. The van der Waals surface area contributed by atoms with Crippen molar-refractivity contribution in [3.05, 3.63) is 0 Å². The Morgan fingerprint density at radius 1 is 1.58 bits per heavy atom. The zero-order chi connectivity index (χ0) is 9.78. The Hall–Kier alpha value is -0.0700. The molecular formula is C6H12O4S2. The monoisotopic (exact) mass is 212 g/mol. The predicted molar refractivity (Wildman–Crippen MR) is 48.5 cm³/mol. The first kappa shape index (κ1) is 11.9. The second-order valence-electron chi connectivity index (χ2n) is 2.39. The zero-order valence-electron chi connectivity index (χ0n) is 7.23. The molecule has 72 valence electrons. The van der Waals surface area contributed by atoms with Gasteiger partial charge in [0.1, 0.15) is 0 Å². The molecule has 0 N–H and O–H groups in total. The molecule has 0 aromatic carbocycles. The minimum atomic E-state index is -3.44. The molecule has 0 radical (unpaired) electrons. The fraction of sp³-hybridized carbons (Fsp3) is 0.833. The Balaban J connectivity index is 3.91. The third-order valence-corrected chi connectivity index (χ3v) is 2.32. The molecule has 0 amide bonds. The van der Waals surface area contributed by atoms with E-state index in [4.69, 9.17) is 0 Å². The van der Waals surface area contributed by atoms with Crippen LogP contribution in [0.15, 0.2) is 0 Å². The third-order valence-electron chi connectivity index (χ3n) is 1.02. The summed E-state index contributed by atoms with van der Waals surface area (Å²) in [4.78, 5) is 10.8. The van der Waals surface area contributed by atoms with Gasteiger partial charge in [-0.2, -0.15) is 8.42 Å². The quantitative estimate of drug-likeness (QED) is 0.640. The molecule has 0 bridgehead atoms. The van der Waals surface area contributed by atoms with E-state index in [1.54, 1.807) is 13.2 Å². The van der Waals surface area contributed by atoms with E-state index >= 15 is 0 Å². The van der Waals surface area contributed by atoms with Crippen LogP contribution >= 0.6 is 11.8 Å². The summed E-state index contributed by atoms with van der Waals surface area (Å²) in [6.07, 6.45) is 2.16. The van der Waals surface area contributed by atoms with Gasteiger partial charge in [-0.3, -0.25) is 8.98 Å². The third kappa shape index (κ3) is 6.63. The van der Waals surface area contributed by atoms with Crippen LogP contribution in [0.5, 0.6) is 0 Å². The minimum absolute atomic E-state index is 0.0776. The van der Waals surface area contributed by atoms with E-state index in [1.807, 2.05) is 0 Å². The molecule has 4 nitrogen and oxygen atoms in total. The topological polar surface area (TPSA) is 60.4 Å². The zero-order valence-corrected chi connectivity index (χ0v) is 8.87. The molecule has 0 saturated carbocycles. The summed E-state index contributed by atoms with van der Waals surface area (Å²) in [7, 11) is -3.44. The van der Waals surface area contributed by atoms with Crippen LogP contribution in [-0.2, 0) is 19.1 Å². The van der Waals surface area contributed by atoms with Crippen molar-refractivity contribution in [3.63, 3.8) is 0 Å². The molecule has 0 aliphatic heterocycles. The van der Waals surface area contributed by atoms with Crippen LogP contribution < -0.4 is 0 Å². The average molecular weight is 212 g/mol.